The zero-order valence-electron chi connectivity index (χ0n) is 37.0. The summed E-state index contributed by atoms with van der Waals surface area (Å²) in [6.07, 6.45) is 8.95. The Kier molecular flexibility index (Phi) is 22.0. The minimum atomic E-state index is -0.491. The van der Waals surface area contributed by atoms with Crippen molar-refractivity contribution in [3.8, 4) is 28.7 Å². The van der Waals surface area contributed by atoms with Gasteiger partial charge in [0.2, 0.25) is 0 Å². The molecule has 1 fully saturated rings. The molecule has 1 unspecified atom stereocenters. The second-order valence-electron chi connectivity index (χ2n) is 15.3. The van der Waals surface area contributed by atoms with E-state index in [2.05, 4.69) is 13.2 Å². The van der Waals surface area contributed by atoms with Gasteiger partial charge in [-0.15, -0.1) is 0 Å². The maximum absolute atomic E-state index is 13.0. The van der Waals surface area contributed by atoms with Crippen LogP contribution in [-0.4, -0.2) is 75.1 Å². The number of nitrogens with one attached hydrogen (secondary N) is 1. The molecule has 0 aliphatic heterocycles. The van der Waals surface area contributed by atoms with Crippen molar-refractivity contribution < 1.29 is 66.7 Å². The number of hydrogen-bond acceptors (Lipinski definition) is 15. The van der Waals surface area contributed by atoms with E-state index >= 15 is 0 Å². The first-order valence-corrected chi connectivity index (χ1v) is 22.0. The van der Waals surface area contributed by atoms with Crippen molar-refractivity contribution in [2.75, 3.05) is 33.0 Å². The molecule has 0 bridgehead atoms. The van der Waals surface area contributed by atoms with Crippen molar-refractivity contribution in [1.82, 2.24) is 0 Å². The van der Waals surface area contributed by atoms with Crippen LogP contribution in [0, 0.1) is 23.2 Å². The van der Waals surface area contributed by atoms with Crippen LogP contribution in [0.5, 0.6) is 28.7 Å². The predicted molar refractivity (Wildman–Crippen MR) is 239 cm³/mol. The number of rotatable bonds is 28. The zero-order valence-corrected chi connectivity index (χ0v) is 37.0. The van der Waals surface area contributed by atoms with E-state index < -0.39 is 23.8 Å². The highest BCUT2D eigenvalue weighted by atomic mass is 16.6. The first kappa shape index (κ1) is 50.9. The van der Waals surface area contributed by atoms with Crippen LogP contribution in [-0.2, 0) is 49.4 Å². The van der Waals surface area contributed by atoms with Crippen LogP contribution in [0.25, 0.3) is 0 Å². The Morgan fingerprint density at radius 2 is 1.17 bits per heavy atom. The van der Waals surface area contributed by atoms with Crippen molar-refractivity contribution in [2.24, 2.45) is 17.8 Å². The molecular formula is C50H59NO14. The molecule has 1 aliphatic rings. The molecule has 3 aromatic rings. The van der Waals surface area contributed by atoms with Gasteiger partial charge in [-0.25, -0.2) is 9.59 Å². The number of hydrogen-bond donors (Lipinski definition) is 1. The third-order valence-corrected chi connectivity index (χ3v) is 10.4. The van der Waals surface area contributed by atoms with E-state index in [0.717, 1.165) is 30.4 Å². The van der Waals surface area contributed by atoms with Gasteiger partial charge < -0.3 is 43.3 Å². The summed E-state index contributed by atoms with van der Waals surface area (Å²) in [6.45, 7) is 9.91. The largest absolute Gasteiger partial charge is 0.493 e. The van der Waals surface area contributed by atoms with E-state index in [-0.39, 0.29) is 61.7 Å². The van der Waals surface area contributed by atoms with E-state index in [0.29, 0.717) is 106 Å². The lowest BCUT2D eigenvalue weighted by Crippen LogP contribution is -2.29. The first-order chi connectivity index (χ1) is 31.5. The fourth-order valence-electron chi connectivity index (χ4n) is 6.87. The highest BCUT2D eigenvalue weighted by Gasteiger charge is 2.32. The molecule has 4 rings (SSSR count). The average molecular weight is 898 g/mol. The summed E-state index contributed by atoms with van der Waals surface area (Å²) in [4.78, 5) is 73.8. The van der Waals surface area contributed by atoms with Crippen LogP contribution in [0.3, 0.4) is 0 Å². The third-order valence-electron chi connectivity index (χ3n) is 10.4. The van der Waals surface area contributed by atoms with Gasteiger partial charge in [-0.1, -0.05) is 32.6 Å². The standard InChI is InChI=1S/C50H59NO14/c1-4-10-36(49(56)63-42-22-18-40(19-23-42)58-28-8-30-60-45(52)5-2)11-7-12-47(54)65-44-26-13-35(33-39(44)34-51)27-32-62-48(55)37-14-16-38(17-15-37)50(57)64-43-24-20-41(21-25-43)59-29-9-31-61-46(53)6-3/h5-6,13,18-26,33-34,36-38,51H,2-4,7-12,14-17,27-32H2,1H3. The summed E-state index contributed by atoms with van der Waals surface area (Å²) >= 11 is 0. The van der Waals surface area contributed by atoms with Crippen LogP contribution in [0.4, 0.5) is 0 Å². The fourth-order valence-corrected chi connectivity index (χ4v) is 6.87. The Balaban J connectivity index is 1.11. The van der Waals surface area contributed by atoms with Crippen LogP contribution in [0.1, 0.15) is 88.7 Å². The SMILES string of the molecule is C=CC(=O)OCCCOc1ccc(OC(=O)C(CCC)CCCC(=O)Oc2ccc(CCOC(=O)C3CCC(C(=O)Oc4ccc(OCCCOC(=O)C=C)cc4)CC3)cc2C=N)cc1. The van der Waals surface area contributed by atoms with E-state index in [1.807, 2.05) is 6.92 Å². The molecule has 1 atom stereocenters. The number of carbonyl (C=O) groups excluding carboxylic acids is 6. The smallest absolute Gasteiger partial charge is 0.330 e. The lowest BCUT2D eigenvalue weighted by Gasteiger charge is -2.26. The second-order valence-corrected chi connectivity index (χ2v) is 15.3. The predicted octanol–water partition coefficient (Wildman–Crippen LogP) is 8.28. The summed E-state index contributed by atoms with van der Waals surface area (Å²) in [5.41, 5.74) is 1.19. The highest BCUT2D eigenvalue weighted by Crippen LogP contribution is 2.32. The van der Waals surface area contributed by atoms with Gasteiger partial charge >= 0.3 is 35.8 Å². The van der Waals surface area contributed by atoms with Gasteiger partial charge in [0, 0.05) is 49.6 Å². The zero-order chi connectivity index (χ0) is 46.8. The van der Waals surface area contributed by atoms with Crippen LogP contribution < -0.4 is 23.7 Å². The van der Waals surface area contributed by atoms with Gasteiger partial charge in [0.15, 0.2) is 0 Å². The molecule has 0 heterocycles. The normalized spacial score (nSPS) is 14.7. The van der Waals surface area contributed by atoms with Crippen molar-refractivity contribution in [3.05, 3.63) is 103 Å². The summed E-state index contributed by atoms with van der Waals surface area (Å²) < 4.78 is 43.5. The quantitative estimate of drug-likeness (QED) is 0.0182. The number of benzene rings is 3. The van der Waals surface area contributed by atoms with E-state index in [9.17, 15) is 28.8 Å². The molecule has 348 valence electrons. The summed E-state index contributed by atoms with van der Waals surface area (Å²) in [5.74, 6) is -1.43. The average Bonchev–Trinajstić information content (AvgIpc) is 3.32. The Hall–Kier alpha value is -6.77. The molecule has 0 radical (unpaired) electrons. The van der Waals surface area contributed by atoms with Gasteiger partial charge in [-0.05, 0) is 111 Å². The Morgan fingerprint density at radius 1 is 0.631 bits per heavy atom. The van der Waals surface area contributed by atoms with Gasteiger partial charge in [0.1, 0.15) is 28.7 Å². The molecule has 1 N–H and O–H groups in total. The second kappa shape index (κ2) is 28.1. The molecule has 0 aromatic heterocycles. The third kappa shape index (κ3) is 18.5. The van der Waals surface area contributed by atoms with Crippen LogP contribution >= 0.6 is 0 Å². The van der Waals surface area contributed by atoms with E-state index in [1.165, 1.54) is 0 Å². The molecule has 65 heavy (non-hydrogen) atoms. The van der Waals surface area contributed by atoms with Crippen LogP contribution in [0.2, 0.25) is 0 Å². The Bertz CT molecular complexity index is 2050. The topological polar surface area (TPSA) is 200 Å². The van der Waals surface area contributed by atoms with Crippen molar-refractivity contribution in [1.29, 1.82) is 5.41 Å². The molecule has 1 saturated carbocycles. The molecule has 15 heteroatoms. The number of carbonyl (C=O) groups is 6. The number of esters is 6. The van der Waals surface area contributed by atoms with Crippen molar-refractivity contribution >= 4 is 42.0 Å². The molecule has 3 aromatic carbocycles. The van der Waals surface area contributed by atoms with Gasteiger partial charge in [-0.2, -0.15) is 0 Å². The van der Waals surface area contributed by atoms with Crippen LogP contribution in [0.15, 0.2) is 92.0 Å². The lowest BCUT2D eigenvalue weighted by molar-refractivity contribution is -0.152. The molecule has 15 nitrogen and oxygen atoms in total. The van der Waals surface area contributed by atoms with Gasteiger partial charge in [0.05, 0.1) is 50.8 Å². The maximum Gasteiger partial charge on any atom is 0.330 e. The first-order valence-electron chi connectivity index (χ1n) is 22.0. The summed E-state index contributed by atoms with van der Waals surface area (Å²) in [6, 6.07) is 18.4. The van der Waals surface area contributed by atoms with Crippen molar-refractivity contribution in [3.63, 3.8) is 0 Å². The molecule has 0 amide bonds. The van der Waals surface area contributed by atoms with Gasteiger partial charge in [0.25, 0.3) is 0 Å². The molecule has 1 aliphatic carbocycles. The maximum atomic E-state index is 13.0. The van der Waals surface area contributed by atoms with E-state index in [1.54, 1.807) is 66.7 Å². The molecule has 0 spiro atoms. The summed E-state index contributed by atoms with van der Waals surface area (Å²) in [7, 11) is 0. The minimum absolute atomic E-state index is 0.0649. The minimum Gasteiger partial charge on any atom is -0.493 e. The Morgan fingerprint density at radius 3 is 1.71 bits per heavy atom. The summed E-state index contributed by atoms with van der Waals surface area (Å²) in [5, 5.41) is 7.90. The fraction of sp³-hybridized carbons (Fsp3) is 0.420. The van der Waals surface area contributed by atoms with Crippen molar-refractivity contribution in [2.45, 2.75) is 84.0 Å². The van der Waals surface area contributed by atoms with Gasteiger partial charge in [-0.3, -0.25) is 19.2 Å². The number of ether oxygens (including phenoxy) is 8. The van der Waals surface area contributed by atoms with E-state index in [4.69, 9.17) is 43.3 Å². The highest BCUT2D eigenvalue weighted by molar-refractivity contribution is 5.84. The molecule has 0 saturated heterocycles. The molecular weight excluding hydrogens is 839 g/mol. The monoisotopic (exact) mass is 897 g/mol. The lowest BCUT2D eigenvalue weighted by atomic mass is 9.82. The Labute approximate surface area is 379 Å².